The van der Waals surface area contributed by atoms with E-state index >= 15 is 0 Å². The monoisotopic (exact) mass is 377 g/mol. The Labute approximate surface area is 169 Å². The van der Waals surface area contributed by atoms with Gasteiger partial charge in [0.1, 0.15) is 5.82 Å². The molecule has 0 bridgehead atoms. The van der Waals surface area contributed by atoms with Crippen molar-refractivity contribution in [3.05, 3.63) is 88.3 Å². The van der Waals surface area contributed by atoms with Crippen LogP contribution in [-0.2, 0) is 6.42 Å². The number of aryl methyl sites for hydroxylation is 2. The maximum atomic E-state index is 14.8. The number of nitrogens with one attached hydrogen (secondary N) is 1. The number of allylic oxidation sites excluding steroid dienone is 5. The SMILES string of the molecule is C=C(C)/C(C)=C(/C=C\C)c1c(C)ccc(C)c1-c1ccc(CCNC)c(F)c1. The van der Waals surface area contributed by atoms with E-state index in [1.54, 1.807) is 6.07 Å². The standard InChI is InChI=1S/C26H32FN/c1-8-9-23(20(6)17(2)3)26-19(5)11-10-18(4)25(26)22-13-12-21(14-15-28-7)24(27)16-22/h8-13,16,28H,2,14-15H2,1,3-7H3/b9-8-,23-20-. The Hall–Kier alpha value is -2.45. The van der Waals surface area contributed by atoms with Gasteiger partial charge >= 0.3 is 0 Å². The molecule has 2 aromatic rings. The first-order valence-corrected chi connectivity index (χ1v) is 9.85. The van der Waals surface area contributed by atoms with Gasteiger partial charge in [0.15, 0.2) is 0 Å². The molecule has 0 unspecified atom stereocenters. The molecule has 2 aromatic carbocycles. The van der Waals surface area contributed by atoms with Gasteiger partial charge in [0.2, 0.25) is 0 Å². The largest absolute Gasteiger partial charge is 0.319 e. The number of rotatable bonds is 7. The van der Waals surface area contributed by atoms with Crippen LogP contribution in [0.15, 0.2) is 60.2 Å². The van der Waals surface area contributed by atoms with Gasteiger partial charge in [-0.15, -0.1) is 0 Å². The quantitative estimate of drug-likeness (QED) is 0.523. The molecule has 0 saturated heterocycles. The van der Waals surface area contributed by atoms with Gasteiger partial charge in [-0.2, -0.15) is 0 Å². The zero-order valence-electron chi connectivity index (χ0n) is 18.0. The molecule has 1 nitrogen and oxygen atoms in total. The van der Waals surface area contributed by atoms with Gasteiger partial charge in [-0.3, -0.25) is 0 Å². The van der Waals surface area contributed by atoms with E-state index in [4.69, 9.17) is 0 Å². The summed E-state index contributed by atoms with van der Waals surface area (Å²) in [5.41, 5.74) is 9.55. The minimum absolute atomic E-state index is 0.146. The summed E-state index contributed by atoms with van der Waals surface area (Å²) >= 11 is 0. The fourth-order valence-electron chi connectivity index (χ4n) is 3.49. The van der Waals surface area contributed by atoms with Crippen LogP contribution in [0.2, 0.25) is 0 Å². The molecule has 0 amide bonds. The molecule has 0 radical (unpaired) electrons. The normalized spacial score (nSPS) is 12.4. The average Bonchev–Trinajstić information content (AvgIpc) is 2.66. The molecular weight excluding hydrogens is 345 g/mol. The van der Waals surface area contributed by atoms with Crippen molar-refractivity contribution in [3.63, 3.8) is 0 Å². The minimum Gasteiger partial charge on any atom is -0.319 e. The molecule has 0 spiro atoms. The van der Waals surface area contributed by atoms with E-state index < -0.39 is 0 Å². The molecule has 148 valence electrons. The van der Waals surface area contributed by atoms with Crippen LogP contribution < -0.4 is 5.32 Å². The molecule has 2 rings (SSSR count). The summed E-state index contributed by atoms with van der Waals surface area (Å²) in [7, 11) is 1.88. The van der Waals surface area contributed by atoms with Crippen LogP contribution in [0.5, 0.6) is 0 Å². The fraction of sp³-hybridized carbons (Fsp3) is 0.308. The molecule has 0 aliphatic heterocycles. The van der Waals surface area contributed by atoms with Crippen LogP contribution >= 0.6 is 0 Å². The number of hydrogen-bond donors (Lipinski definition) is 1. The van der Waals surface area contributed by atoms with Gasteiger partial charge in [0.05, 0.1) is 0 Å². The van der Waals surface area contributed by atoms with Gasteiger partial charge in [-0.1, -0.05) is 48.6 Å². The molecule has 0 fully saturated rings. The Bertz CT molecular complexity index is 932. The Morgan fingerprint density at radius 3 is 2.36 bits per heavy atom. The maximum absolute atomic E-state index is 14.8. The summed E-state index contributed by atoms with van der Waals surface area (Å²) < 4.78 is 14.8. The van der Waals surface area contributed by atoms with Gasteiger partial charge in [0, 0.05) is 0 Å². The van der Waals surface area contributed by atoms with Gasteiger partial charge in [-0.25, -0.2) is 4.39 Å². The number of halogens is 1. The highest BCUT2D eigenvalue weighted by Gasteiger charge is 2.17. The minimum atomic E-state index is -0.146. The van der Waals surface area contributed by atoms with Crippen molar-refractivity contribution in [2.24, 2.45) is 0 Å². The zero-order valence-corrected chi connectivity index (χ0v) is 18.0. The zero-order chi connectivity index (χ0) is 20.8. The molecule has 0 saturated carbocycles. The van der Waals surface area contributed by atoms with E-state index in [1.165, 1.54) is 5.56 Å². The van der Waals surface area contributed by atoms with Crippen LogP contribution in [0.1, 0.15) is 43.0 Å². The summed E-state index contributed by atoms with van der Waals surface area (Å²) in [6, 6.07) is 9.89. The second-order valence-corrected chi connectivity index (χ2v) is 7.43. The molecule has 1 N–H and O–H groups in total. The third kappa shape index (κ3) is 4.69. The second kappa shape index (κ2) is 9.66. The summed E-state index contributed by atoms with van der Waals surface area (Å²) in [5.74, 6) is -0.146. The second-order valence-electron chi connectivity index (χ2n) is 7.43. The number of likely N-dealkylation sites (N-methyl/N-ethyl adjacent to an activating group) is 1. The molecule has 0 aliphatic rings. The van der Waals surface area contributed by atoms with Crippen LogP contribution in [-0.4, -0.2) is 13.6 Å². The van der Waals surface area contributed by atoms with E-state index in [1.807, 2.05) is 33.0 Å². The number of benzene rings is 2. The molecule has 0 aliphatic carbocycles. The summed E-state index contributed by atoms with van der Waals surface area (Å²) in [6.07, 6.45) is 4.86. The summed E-state index contributed by atoms with van der Waals surface area (Å²) in [4.78, 5) is 0. The molecule has 28 heavy (non-hydrogen) atoms. The molecule has 0 aromatic heterocycles. The van der Waals surface area contributed by atoms with Crippen LogP contribution in [0.3, 0.4) is 0 Å². The molecule has 0 heterocycles. The lowest BCUT2D eigenvalue weighted by Crippen LogP contribution is -2.11. The van der Waals surface area contributed by atoms with E-state index in [0.717, 1.165) is 51.1 Å². The number of hydrogen-bond acceptors (Lipinski definition) is 1. The van der Waals surface area contributed by atoms with E-state index in [9.17, 15) is 4.39 Å². The van der Waals surface area contributed by atoms with Crippen LogP contribution in [0, 0.1) is 19.7 Å². The summed E-state index contributed by atoms with van der Waals surface area (Å²) in [5, 5.41) is 3.08. The molecule has 2 heteroatoms. The lowest BCUT2D eigenvalue weighted by Gasteiger charge is -2.20. The maximum Gasteiger partial charge on any atom is 0.127 e. The average molecular weight is 378 g/mol. The van der Waals surface area contributed by atoms with Crippen molar-refractivity contribution in [2.45, 2.75) is 41.0 Å². The van der Waals surface area contributed by atoms with Crippen molar-refractivity contribution >= 4 is 5.57 Å². The first-order chi connectivity index (χ1) is 13.3. The van der Waals surface area contributed by atoms with Crippen molar-refractivity contribution in [3.8, 4) is 11.1 Å². The van der Waals surface area contributed by atoms with Crippen molar-refractivity contribution in [1.29, 1.82) is 0 Å². The third-order valence-corrected chi connectivity index (χ3v) is 5.25. The van der Waals surface area contributed by atoms with Crippen molar-refractivity contribution in [2.75, 3.05) is 13.6 Å². The lowest BCUT2D eigenvalue weighted by atomic mass is 9.84. The van der Waals surface area contributed by atoms with Gasteiger partial charge < -0.3 is 5.32 Å². The highest BCUT2D eigenvalue weighted by Crippen LogP contribution is 2.38. The predicted molar refractivity (Wildman–Crippen MR) is 121 cm³/mol. The Morgan fingerprint density at radius 1 is 1.11 bits per heavy atom. The van der Waals surface area contributed by atoms with E-state index in [-0.39, 0.29) is 5.82 Å². The van der Waals surface area contributed by atoms with Crippen molar-refractivity contribution in [1.82, 2.24) is 5.32 Å². The van der Waals surface area contributed by atoms with Crippen LogP contribution in [0.25, 0.3) is 16.7 Å². The van der Waals surface area contributed by atoms with Gasteiger partial charge in [-0.05, 0) is 105 Å². The topological polar surface area (TPSA) is 12.0 Å². The third-order valence-electron chi connectivity index (χ3n) is 5.25. The predicted octanol–water partition coefficient (Wildman–Crippen LogP) is 6.80. The van der Waals surface area contributed by atoms with Crippen molar-refractivity contribution < 1.29 is 4.39 Å². The summed E-state index contributed by atoms with van der Waals surface area (Å²) in [6.45, 7) is 15.3. The first-order valence-electron chi connectivity index (χ1n) is 9.85. The van der Waals surface area contributed by atoms with E-state index in [2.05, 4.69) is 57.0 Å². The van der Waals surface area contributed by atoms with E-state index in [0.29, 0.717) is 6.42 Å². The molecular formula is C26H32FN. The fourth-order valence-corrected chi connectivity index (χ4v) is 3.49. The lowest BCUT2D eigenvalue weighted by molar-refractivity contribution is 0.605. The Morgan fingerprint density at radius 2 is 1.79 bits per heavy atom. The van der Waals surface area contributed by atoms with Crippen LogP contribution in [0.4, 0.5) is 4.39 Å². The smallest absolute Gasteiger partial charge is 0.127 e. The highest BCUT2D eigenvalue weighted by atomic mass is 19.1. The Balaban J connectivity index is 2.76. The Kier molecular flexibility index (Phi) is 7.53. The highest BCUT2D eigenvalue weighted by molar-refractivity contribution is 5.91. The molecule has 0 atom stereocenters. The van der Waals surface area contributed by atoms with Gasteiger partial charge in [0.25, 0.3) is 0 Å². The first kappa shape index (κ1) is 21.8.